The minimum absolute atomic E-state index is 0.416. The summed E-state index contributed by atoms with van der Waals surface area (Å²) in [5.41, 5.74) is 7.16. The van der Waals surface area contributed by atoms with E-state index < -0.39 is 0 Å². The number of nitrogens with zero attached hydrogens (tertiary/aromatic N) is 4. The maximum absolute atomic E-state index is 5.73. The van der Waals surface area contributed by atoms with Gasteiger partial charge in [-0.15, -0.1) is 0 Å². The van der Waals surface area contributed by atoms with Gasteiger partial charge < -0.3 is 19.8 Å². The van der Waals surface area contributed by atoms with Crippen molar-refractivity contribution in [2.75, 3.05) is 32.7 Å². The Bertz CT molecular complexity index is 514. The van der Waals surface area contributed by atoms with Gasteiger partial charge in [0, 0.05) is 33.5 Å². The van der Waals surface area contributed by atoms with Crippen LogP contribution in [-0.2, 0) is 16.0 Å². The fourth-order valence-electron chi connectivity index (χ4n) is 1.81. The molecule has 0 aliphatic rings. The van der Waals surface area contributed by atoms with Gasteiger partial charge in [0.2, 0.25) is 0 Å². The summed E-state index contributed by atoms with van der Waals surface area (Å²) in [7, 11) is 1.69. The van der Waals surface area contributed by atoms with E-state index in [9.17, 15) is 0 Å². The first-order valence-electron chi connectivity index (χ1n) is 6.31. The SMILES string of the molecule is COCCCOCCCn1cnc2c(N)ncnc21. The van der Waals surface area contributed by atoms with Crippen LogP contribution in [0.4, 0.5) is 5.82 Å². The molecule has 0 unspecified atom stereocenters. The molecule has 0 atom stereocenters. The predicted octanol–water partition coefficient (Wildman–Crippen LogP) is 0.852. The fourth-order valence-corrected chi connectivity index (χ4v) is 1.81. The fraction of sp³-hybridized carbons (Fsp3) is 0.583. The van der Waals surface area contributed by atoms with Gasteiger partial charge in [-0.1, -0.05) is 0 Å². The number of imidazole rings is 1. The number of aryl methyl sites for hydroxylation is 1. The third kappa shape index (κ3) is 3.62. The molecular weight excluding hydrogens is 246 g/mol. The standard InChI is InChI=1S/C12H19N5O2/c1-18-5-3-7-19-6-2-4-17-9-16-10-11(13)14-8-15-12(10)17/h8-9H,2-7H2,1H3,(H2,13,14,15). The van der Waals surface area contributed by atoms with Gasteiger partial charge in [-0.25, -0.2) is 15.0 Å². The molecule has 0 amide bonds. The Morgan fingerprint density at radius 3 is 2.84 bits per heavy atom. The van der Waals surface area contributed by atoms with Crippen LogP contribution < -0.4 is 5.73 Å². The first-order chi connectivity index (χ1) is 9.33. The molecule has 2 N–H and O–H groups in total. The zero-order valence-electron chi connectivity index (χ0n) is 11.1. The Hall–Kier alpha value is -1.73. The van der Waals surface area contributed by atoms with Crippen molar-refractivity contribution in [1.29, 1.82) is 0 Å². The van der Waals surface area contributed by atoms with E-state index in [2.05, 4.69) is 15.0 Å². The first kappa shape index (κ1) is 13.7. The van der Waals surface area contributed by atoms with E-state index in [1.165, 1.54) is 6.33 Å². The lowest BCUT2D eigenvalue weighted by molar-refractivity contribution is 0.0995. The van der Waals surface area contributed by atoms with E-state index in [0.717, 1.165) is 38.2 Å². The van der Waals surface area contributed by atoms with Gasteiger partial charge in [-0.3, -0.25) is 0 Å². The molecule has 2 aromatic heterocycles. The molecule has 104 valence electrons. The third-order valence-corrected chi connectivity index (χ3v) is 2.75. The van der Waals surface area contributed by atoms with Crippen LogP contribution in [0.3, 0.4) is 0 Å². The summed E-state index contributed by atoms with van der Waals surface area (Å²) in [6.07, 6.45) is 5.02. The number of nitrogens with two attached hydrogens (primary N) is 1. The molecule has 0 aromatic carbocycles. The second-order valence-electron chi connectivity index (χ2n) is 4.18. The number of rotatable bonds is 8. The molecule has 19 heavy (non-hydrogen) atoms. The number of hydrogen-bond acceptors (Lipinski definition) is 6. The van der Waals surface area contributed by atoms with Crippen molar-refractivity contribution in [3.8, 4) is 0 Å². The molecule has 2 aromatic rings. The van der Waals surface area contributed by atoms with Crippen LogP contribution in [0.5, 0.6) is 0 Å². The lowest BCUT2D eigenvalue weighted by Crippen LogP contribution is -2.05. The molecule has 0 radical (unpaired) electrons. The second kappa shape index (κ2) is 7.01. The third-order valence-electron chi connectivity index (χ3n) is 2.75. The molecule has 2 rings (SSSR count). The topological polar surface area (TPSA) is 88.1 Å². The van der Waals surface area contributed by atoms with Crippen LogP contribution in [0, 0.1) is 0 Å². The smallest absolute Gasteiger partial charge is 0.165 e. The average molecular weight is 265 g/mol. The molecular formula is C12H19N5O2. The number of fused-ring (bicyclic) bond motifs is 1. The van der Waals surface area contributed by atoms with E-state index in [1.807, 2.05) is 4.57 Å². The minimum Gasteiger partial charge on any atom is -0.385 e. The molecule has 0 aliphatic carbocycles. The Balaban J connectivity index is 1.77. The molecule has 0 saturated heterocycles. The molecule has 2 heterocycles. The van der Waals surface area contributed by atoms with Crippen LogP contribution in [0.15, 0.2) is 12.7 Å². The van der Waals surface area contributed by atoms with Crippen molar-refractivity contribution in [2.45, 2.75) is 19.4 Å². The highest BCUT2D eigenvalue weighted by molar-refractivity contribution is 5.80. The van der Waals surface area contributed by atoms with Gasteiger partial charge in [-0.05, 0) is 12.8 Å². The lowest BCUT2D eigenvalue weighted by atomic mass is 10.4. The summed E-state index contributed by atoms with van der Waals surface area (Å²) < 4.78 is 12.4. The molecule has 0 aliphatic heterocycles. The van der Waals surface area contributed by atoms with E-state index >= 15 is 0 Å². The summed E-state index contributed by atoms with van der Waals surface area (Å²) in [4.78, 5) is 12.3. The Labute approximate surface area is 111 Å². The van der Waals surface area contributed by atoms with E-state index in [-0.39, 0.29) is 0 Å². The summed E-state index contributed by atoms with van der Waals surface area (Å²) in [6.45, 7) is 2.98. The van der Waals surface area contributed by atoms with Crippen LogP contribution in [-0.4, -0.2) is 46.4 Å². The first-order valence-corrected chi connectivity index (χ1v) is 6.31. The number of methoxy groups -OCH3 is 1. The van der Waals surface area contributed by atoms with Crippen LogP contribution in [0.1, 0.15) is 12.8 Å². The second-order valence-corrected chi connectivity index (χ2v) is 4.18. The molecule has 0 bridgehead atoms. The molecule has 7 heteroatoms. The summed E-state index contributed by atoms with van der Waals surface area (Å²) >= 11 is 0. The maximum atomic E-state index is 5.73. The van der Waals surface area contributed by atoms with Crippen LogP contribution >= 0.6 is 0 Å². The highest BCUT2D eigenvalue weighted by Gasteiger charge is 2.06. The molecule has 0 saturated carbocycles. The van der Waals surface area contributed by atoms with Crippen molar-refractivity contribution >= 4 is 17.0 Å². The monoisotopic (exact) mass is 265 g/mol. The normalized spacial score (nSPS) is 11.2. The number of aromatic nitrogens is 4. The maximum Gasteiger partial charge on any atom is 0.165 e. The minimum atomic E-state index is 0.416. The quantitative estimate of drug-likeness (QED) is 0.712. The van der Waals surface area contributed by atoms with E-state index in [4.69, 9.17) is 15.2 Å². The number of nitrogen functional groups attached to an aromatic ring is 1. The van der Waals surface area contributed by atoms with Crippen molar-refractivity contribution in [2.24, 2.45) is 0 Å². The summed E-state index contributed by atoms with van der Waals surface area (Å²) in [5.74, 6) is 0.416. The van der Waals surface area contributed by atoms with Crippen LogP contribution in [0.25, 0.3) is 11.2 Å². The highest BCUT2D eigenvalue weighted by Crippen LogP contribution is 2.14. The van der Waals surface area contributed by atoms with E-state index in [0.29, 0.717) is 17.9 Å². The van der Waals surface area contributed by atoms with Gasteiger partial charge in [0.05, 0.1) is 6.33 Å². The molecule has 7 nitrogen and oxygen atoms in total. The number of ether oxygens (including phenoxy) is 2. The Kier molecular flexibility index (Phi) is 5.05. The lowest BCUT2D eigenvalue weighted by Gasteiger charge is -2.05. The van der Waals surface area contributed by atoms with Crippen molar-refractivity contribution in [1.82, 2.24) is 19.5 Å². The van der Waals surface area contributed by atoms with Gasteiger partial charge >= 0.3 is 0 Å². The molecule has 0 spiro atoms. The Morgan fingerprint density at radius 1 is 1.16 bits per heavy atom. The van der Waals surface area contributed by atoms with Gasteiger partial charge in [0.25, 0.3) is 0 Å². The van der Waals surface area contributed by atoms with Gasteiger partial charge in [0.15, 0.2) is 11.5 Å². The largest absolute Gasteiger partial charge is 0.385 e. The summed E-state index contributed by atoms with van der Waals surface area (Å²) in [6, 6.07) is 0. The molecule has 0 fully saturated rings. The summed E-state index contributed by atoms with van der Waals surface area (Å²) in [5, 5.41) is 0. The van der Waals surface area contributed by atoms with Crippen LogP contribution in [0.2, 0.25) is 0 Å². The average Bonchev–Trinajstić information content (AvgIpc) is 2.83. The number of anilines is 1. The Morgan fingerprint density at radius 2 is 2.00 bits per heavy atom. The van der Waals surface area contributed by atoms with Crippen molar-refractivity contribution < 1.29 is 9.47 Å². The van der Waals surface area contributed by atoms with Crippen molar-refractivity contribution in [3.05, 3.63) is 12.7 Å². The predicted molar refractivity (Wildman–Crippen MR) is 71.7 cm³/mol. The zero-order chi connectivity index (χ0) is 13.5. The van der Waals surface area contributed by atoms with Gasteiger partial charge in [-0.2, -0.15) is 0 Å². The van der Waals surface area contributed by atoms with Crippen molar-refractivity contribution in [3.63, 3.8) is 0 Å². The highest BCUT2D eigenvalue weighted by atomic mass is 16.5. The van der Waals surface area contributed by atoms with E-state index in [1.54, 1.807) is 13.4 Å². The number of hydrogen-bond donors (Lipinski definition) is 1. The van der Waals surface area contributed by atoms with Gasteiger partial charge in [0.1, 0.15) is 11.8 Å². The zero-order valence-corrected chi connectivity index (χ0v) is 11.1.